The number of anilines is 1. The quantitative estimate of drug-likeness (QED) is 0.376. The minimum Gasteiger partial charge on any atom is -0.357 e. The number of carbonyl (C=O) groups excluding carboxylic acids is 2. The molecule has 0 spiro atoms. The van der Waals surface area contributed by atoms with Crippen molar-refractivity contribution in [3.63, 3.8) is 0 Å². The lowest BCUT2D eigenvalue weighted by Crippen LogP contribution is -2.49. The molecule has 1 atom stereocenters. The second-order valence-corrected chi connectivity index (χ2v) is 11.4. The van der Waals surface area contributed by atoms with Gasteiger partial charge in [0.2, 0.25) is 21.8 Å². The first-order valence-electron chi connectivity index (χ1n) is 12.7. The maximum Gasteiger partial charge on any atom is 0.242 e. The SMILES string of the molecule is CNC(=O)C(Cc1ccccc1)N(Cc1ccccc1)C(=O)CCCN(c1cccc(C)c1C)S(C)(=O)=O. The number of hydrogen-bond acceptors (Lipinski definition) is 4. The van der Waals surface area contributed by atoms with Crippen LogP contribution in [0.15, 0.2) is 78.9 Å². The van der Waals surface area contributed by atoms with E-state index in [1.807, 2.05) is 86.6 Å². The van der Waals surface area contributed by atoms with Gasteiger partial charge in [-0.1, -0.05) is 72.8 Å². The summed E-state index contributed by atoms with van der Waals surface area (Å²) in [6, 6.07) is 24.0. The number of nitrogens with one attached hydrogen (secondary N) is 1. The van der Waals surface area contributed by atoms with Crippen molar-refractivity contribution in [1.29, 1.82) is 0 Å². The van der Waals surface area contributed by atoms with Gasteiger partial charge >= 0.3 is 0 Å². The topological polar surface area (TPSA) is 86.8 Å². The molecule has 0 saturated carbocycles. The average molecular weight is 536 g/mol. The third-order valence-corrected chi connectivity index (χ3v) is 7.89. The Morgan fingerprint density at radius 2 is 1.47 bits per heavy atom. The molecule has 0 aliphatic carbocycles. The molecule has 8 heteroatoms. The monoisotopic (exact) mass is 535 g/mol. The molecular weight excluding hydrogens is 498 g/mol. The van der Waals surface area contributed by atoms with Crippen molar-refractivity contribution in [2.24, 2.45) is 0 Å². The molecule has 0 aromatic heterocycles. The Morgan fingerprint density at radius 3 is 2.05 bits per heavy atom. The largest absolute Gasteiger partial charge is 0.357 e. The molecule has 0 saturated heterocycles. The first-order chi connectivity index (χ1) is 18.1. The number of rotatable bonds is 12. The molecule has 2 amide bonds. The van der Waals surface area contributed by atoms with E-state index in [9.17, 15) is 18.0 Å². The van der Waals surface area contributed by atoms with E-state index in [1.54, 1.807) is 18.0 Å². The highest BCUT2D eigenvalue weighted by molar-refractivity contribution is 7.92. The van der Waals surface area contributed by atoms with Crippen LogP contribution in [0.5, 0.6) is 0 Å². The second-order valence-electron chi connectivity index (χ2n) is 9.48. The van der Waals surface area contributed by atoms with Gasteiger partial charge in [-0.25, -0.2) is 8.42 Å². The molecule has 38 heavy (non-hydrogen) atoms. The van der Waals surface area contributed by atoms with Gasteiger partial charge in [-0.3, -0.25) is 13.9 Å². The molecule has 0 aliphatic rings. The van der Waals surface area contributed by atoms with Crippen molar-refractivity contribution in [2.75, 3.05) is 24.2 Å². The Bertz CT molecular complexity index is 1330. The number of hydrogen-bond donors (Lipinski definition) is 1. The molecule has 3 rings (SSSR count). The molecule has 0 aliphatic heterocycles. The summed E-state index contributed by atoms with van der Waals surface area (Å²) in [7, 11) is -1.98. The van der Waals surface area contributed by atoms with Gasteiger partial charge < -0.3 is 10.2 Å². The highest BCUT2D eigenvalue weighted by Gasteiger charge is 2.30. The summed E-state index contributed by atoms with van der Waals surface area (Å²) < 4.78 is 26.7. The van der Waals surface area contributed by atoms with Crippen molar-refractivity contribution in [3.8, 4) is 0 Å². The van der Waals surface area contributed by atoms with Crippen molar-refractivity contribution < 1.29 is 18.0 Å². The third-order valence-electron chi connectivity index (χ3n) is 6.71. The smallest absolute Gasteiger partial charge is 0.242 e. The molecule has 0 heterocycles. The lowest BCUT2D eigenvalue weighted by atomic mass is 10.0. The fraction of sp³-hybridized carbons (Fsp3) is 0.333. The fourth-order valence-corrected chi connectivity index (χ4v) is 5.50. The summed E-state index contributed by atoms with van der Waals surface area (Å²) >= 11 is 0. The van der Waals surface area contributed by atoms with Crippen LogP contribution in [-0.2, 0) is 32.6 Å². The van der Waals surface area contributed by atoms with Gasteiger partial charge in [-0.2, -0.15) is 0 Å². The van der Waals surface area contributed by atoms with Crippen LogP contribution in [0.25, 0.3) is 0 Å². The highest BCUT2D eigenvalue weighted by atomic mass is 32.2. The second kappa shape index (κ2) is 13.2. The van der Waals surface area contributed by atoms with Crippen molar-refractivity contribution >= 4 is 27.5 Å². The number of aryl methyl sites for hydroxylation is 1. The summed E-state index contributed by atoms with van der Waals surface area (Å²) in [5.74, 6) is -0.445. The molecule has 1 unspecified atom stereocenters. The van der Waals surface area contributed by atoms with Crippen LogP contribution in [0.2, 0.25) is 0 Å². The molecule has 3 aromatic rings. The minimum absolute atomic E-state index is 0.103. The van der Waals surface area contributed by atoms with Gasteiger partial charge in [0, 0.05) is 33.0 Å². The molecule has 0 fully saturated rings. The highest BCUT2D eigenvalue weighted by Crippen LogP contribution is 2.25. The molecule has 0 radical (unpaired) electrons. The maximum atomic E-state index is 13.7. The van der Waals surface area contributed by atoms with E-state index in [0.717, 1.165) is 22.3 Å². The van der Waals surface area contributed by atoms with E-state index in [4.69, 9.17) is 0 Å². The van der Waals surface area contributed by atoms with E-state index < -0.39 is 16.1 Å². The van der Waals surface area contributed by atoms with Crippen molar-refractivity contribution in [1.82, 2.24) is 10.2 Å². The van der Waals surface area contributed by atoms with Crippen LogP contribution in [-0.4, -0.2) is 51.0 Å². The van der Waals surface area contributed by atoms with Gasteiger partial charge in [0.1, 0.15) is 6.04 Å². The standard InChI is InChI=1S/C30H37N3O4S/c1-23-13-11-18-27(24(23)2)33(38(4,36)37)20-12-19-29(34)32(22-26-16-9-6-10-17-26)28(30(35)31-3)21-25-14-7-5-8-15-25/h5-11,13-18,28H,12,19-22H2,1-4H3,(H,31,35). The van der Waals surface area contributed by atoms with E-state index >= 15 is 0 Å². The van der Waals surface area contributed by atoms with Gasteiger partial charge in [-0.15, -0.1) is 0 Å². The Morgan fingerprint density at radius 1 is 0.868 bits per heavy atom. The number of benzene rings is 3. The van der Waals surface area contributed by atoms with Crippen LogP contribution in [0.3, 0.4) is 0 Å². The summed E-state index contributed by atoms with van der Waals surface area (Å²) in [6.45, 7) is 4.28. The first kappa shape index (κ1) is 28.9. The zero-order chi connectivity index (χ0) is 27.7. The van der Waals surface area contributed by atoms with E-state index in [2.05, 4.69) is 5.32 Å². The van der Waals surface area contributed by atoms with Crippen LogP contribution in [0.1, 0.15) is 35.1 Å². The molecular formula is C30H37N3O4S. The minimum atomic E-state index is -3.55. The molecule has 7 nitrogen and oxygen atoms in total. The first-order valence-corrected chi connectivity index (χ1v) is 14.6. The Kier molecular flexibility index (Phi) is 10.1. The number of likely N-dealkylation sites (N-methyl/N-ethyl adjacent to an activating group) is 1. The number of nitrogens with zero attached hydrogens (tertiary/aromatic N) is 2. The summed E-state index contributed by atoms with van der Waals surface area (Å²) in [6.07, 6.45) is 1.97. The normalized spacial score (nSPS) is 12.0. The van der Waals surface area contributed by atoms with Crippen LogP contribution in [0, 0.1) is 13.8 Å². The van der Waals surface area contributed by atoms with Crippen molar-refractivity contribution in [3.05, 3.63) is 101 Å². The van der Waals surface area contributed by atoms with Gasteiger partial charge in [0.25, 0.3) is 0 Å². The molecule has 1 N–H and O–H groups in total. The molecule has 3 aromatic carbocycles. The fourth-order valence-electron chi connectivity index (χ4n) is 4.49. The lowest BCUT2D eigenvalue weighted by molar-refractivity contribution is -0.141. The lowest BCUT2D eigenvalue weighted by Gasteiger charge is -2.31. The molecule has 202 valence electrons. The Labute approximate surface area is 226 Å². The summed E-state index contributed by atoms with van der Waals surface area (Å²) in [5, 5.41) is 2.71. The summed E-state index contributed by atoms with van der Waals surface area (Å²) in [4.78, 5) is 28.3. The maximum absolute atomic E-state index is 13.7. The summed E-state index contributed by atoms with van der Waals surface area (Å²) in [5.41, 5.74) is 4.36. The van der Waals surface area contributed by atoms with Gasteiger partial charge in [-0.05, 0) is 48.6 Å². The third kappa shape index (κ3) is 7.68. The number of amides is 2. The number of sulfonamides is 1. The Hall–Kier alpha value is -3.65. The predicted octanol–water partition coefficient (Wildman–Crippen LogP) is 4.24. The number of carbonyl (C=O) groups is 2. The van der Waals surface area contributed by atoms with Gasteiger partial charge in [0.05, 0.1) is 11.9 Å². The van der Waals surface area contributed by atoms with E-state index in [-0.39, 0.29) is 31.3 Å². The van der Waals surface area contributed by atoms with Crippen LogP contribution >= 0.6 is 0 Å². The van der Waals surface area contributed by atoms with Crippen LogP contribution in [0.4, 0.5) is 5.69 Å². The van der Waals surface area contributed by atoms with Gasteiger partial charge in [0.15, 0.2) is 0 Å². The van der Waals surface area contributed by atoms with Crippen LogP contribution < -0.4 is 9.62 Å². The predicted molar refractivity (Wildman–Crippen MR) is 152 cm³/mol. The zero-order valence-corrected chi connectivity index (χ0v) is 23.4. The Balaban J connectivity index is 1.84. The zero-order valence-electron chi connectivity index (χ0n) is 22.6. The average Bonchev–Trinajstić information content (AvgIpc) is 2.90. The molecule has 0 bridgehead atoms. The van der Waals surface area contributed by atoms with E-state index in [1.165, 1.54) is 10.6 Å². The van der Waals surface area contributed by atoms with E-state index in [0.29, 0.717) is 18.5 Å². The van der Waals surface area contributed by atoms with Crippen molar-refractivity contribution in [2.45, 2.75) is 45.7 Å².